The highest BCUT2D eigenvalue weighted by molar-refractivity contribution is 5.98. The maximum atomic E-state index is 12.5. The van der Waals surface area contributed by atoms with E-state index in [4.69, 9.17) is 0 Å². The van der Waals surface area contributed by atoms with Crippen molar-refractivity contribution in [1.29, 1.82) is 0 Å². The topological polar surface area (TPSA) is 97.1 Å². The van der Waals surface area contributed by atoms with E-state index in [1.807, 2.05) is 0 Å². The lowest BCUT2D eigenvalue weighted by atomic mass is 10.0. The van der Waals surface area contributed by atoms with Crippen LogP contribution in [0.25, 0.3) is 11.4 Å². The van der Waals surface area contributed by atoms with Crippen LogP contribution in [0.3, 0.4) is 0 Å². The zero-order chi connectivity index (χ0) is 18.2. The first-order chi connectivity index (χ1) is 11.8. The first-order valence-corrected chi connectivity index (χ1v) is 7.36. The highest BCUT2D eigenvalue weighted by Gasteiger charge is 2.38. The molecule has 1 aromatic carbocycles. The fraction of sp³-hybridized carbons (Fsp3) is 0.333. The number of nitrogens with one attached hydrogen (secondary N) is 2. The van der Waals surface area contributed by atoms with E-state index in [0.29, 0.717) is 24.1 Å². The Kier molecular flexibility index (Phi) is 4.19. The van der Waals surface area contributed by atoms with Gasteiger partial charge in [-0.2, -0.15) is 18.2 Å². The monoisotopic (exact) mass is 354 g/mol. The summed E-state index contributed by atoms with van der Waals surface area (Å²) in [5.41, 5.74) is 1.09. The number of carbonyl (C=O) groups excluding carboxylic acids is 2. The smallest absolute Gasteiger partial charge is 0.354 e. The van der Waals surface area contributed by atoms with Crippen LogP contribution in [0.15, 0.2) is 22.7 Å². The molecule has 7 nitrogen and oxygen atoms in total. The second kappa shape index (κ2) is 6.19. The number of rotatable bonds is 3. The standard InChI is InChI=1S/C15H13F3N4O3/c1-7-6-8(12(23)20-10-4-5-19-13(10)24)2-3-9(7)11-21-14(25-22-11)15(16,17)18/h2-3,6,10H,4-5H2,1H3,(H,19,24)(H,20,23). The number of amides is 2. The molecule has 0 radical (unpaired) electrons. The number of nitrogens with zero attached hydrogens (tertiary/aromatic N) is 2. The summed E-state index contributed by atoms with van der Waals surface area (Å²) in [6.07, 6.45) is -4.22. The zero-order valence-electron chi connectivity index (χ0n) is 13.0. The van der Waals surface area contributed by atoms with E-state index < -0.39 is 24.0 Å². The Bertz CT molecular complexity index is 832. The third-order valence-electron chi connectivity index (χ3n) is 3.75. The fourth-order valence-corrected chi connectivity index (χ4v) is 2.48. The Hall–Kier alpha value is -2.91. The molecule has 1 aromatic heterocycles. The van der Waals surface area contributed by atoms with Crippen molar-refractivity contribution in [2.24, 2.45) is 0 Å². The molecule has 2 amide bonds. The molecule has 132 valence electrons. The SMILES string of the molecule is Cc1cc(C(=O)NC2CCNC2=O)ccc1-c1noc(C(F)(F)F)n1. The van der Waals surface area contributed by atoms with Gasteiger partial charge in [0.1, 0.15) is 6.04 Å². The van der Waals surface area contributed by atoms with E-state index in [9.17, 15) is 22.8 Å². The molecule has 0 bridgehead atoms. The Balaban J connectivity index is 1.80. The molecule has 25 heavy (non-hydrogen) atoms. The second-order valence-electron chi connectivity index (χ2n) is 5.56. The first-order valence-electron chi connectivity index (χ1n) is 7.36. The molecule has 0 spiro atoms. The van der Waals surface area contributed by atoms with Gasteiger partial charge in [0.05, 0.1) is 0 Å². The van der Waals surface area contributed by atoms with Gasteiger partial charge in [0.25, 0.3) is 5.91 Å². The third kappa shape index (κ3) is 3.47. The molecule has 1 aliphatic rings. The van der Waals surface area contributed by atoms with Crippen molar-refractivity contribution < 1.29 is 27.3 Å². The van der Waals surface area contributed by atoms with Gasteiger partial charge in [0, 0.05) is 17.7 Å². The van der Waals surface area contributed by atoms with Gasteiger partial charge >= 0.3 is 12.1 Å². The molecule has 0 aliphatic carbocycles. The highest BCUT2D eigenvalue weighted by atomic mass is 19.4. The van der Waals surface area contributed by atoms with Gasteiger partial charge in [-0.15, -0.1) is 0 Å². The molecule has 2 heterocycles. The van der Waals surface area contributed by atoms with Gasteiger partial charge in [-0.3, -0.25) is 9.59 Å². The van der Waals surface area contributed by atoms with Crippen LogP contribution in [0.5, 0.6) is 0 Å². The number of hydrogen-bond acceptors (Lipinski definition) is 5. The van der Waals surface area contributed by atoms with E-state index in [1.54, 1.807) is 6.92 Å². The molecule has 1 saturated heterocycles. The van der Waals surface area contributed by atoms with E-state index in [2.05, 4.69) is 25.3 Å². The zero-order valence-corrected chi connectivity index (χ0v) is 13.0. The summed E-state index contributed by atoms with van der Waals surface area (Å²) >= 11 is 0. The Morgan fingerprint density at radius 1 is 1.40 bits per heavy atom. The van der Waals surface area contributed by atoms with E-state index in [-0.39, 0.29) is 17.3 Å². The normalized spacial score (nSPS) is 17.4. The van der Waals surface area contributed by atoms with E-state index >= 15 is 0 Å². The number of halogens is 3. The minimum absolute atomic E-state index is 0.216. The van der Waals surface area contributed by atoms with Crippen LogP contribution in [0, 0.1) is 6.92 Å². The summed E-state index contributed by atoms with van der Waals surface area (Å²) in [4.78, 5) is 27.0. The number of aromatic nitrogens is 2. The van der Waals surface area contributed by atoms with Gasteiger partial charge in [0.2, 0.25) is 11.7 Å². The van der Waals surface area contributed by atoms with E-state index in [0.717, 1.165) is 0 Å². The maximum absolute atomic E-state index is 12.5. The summed E-state index contributed by atoms with van der Waals surface area (Å²) in [5.74, 6) is -2.34. The Labute approximate surface area is 139 Å². The van der Waals surface area contributed by atoms with Crippen LogP contribution >= 0.6 is 0 Å². The Morgan fingerprint density at radius 2 is 2.16 bits per heavy atom. The summed E-state index contributed by atoms with van der Waals surface area (Å²) in [7, 11) is 0. The minimum atomic E-state index is -4.72. The van der Waals surface area contributed by atoms with Crippen LogP contribution < -0.4 is 10.6 Å². The summed E-state index contributed by atoms with van der Waals surface area (Å²) in [5, 5.41) is 8.54. The maximum Gasteiger partial charge on any atom is 0.471 e. The highest BCUT2D eigenvalue weighted by Crippen LogP contribution is 2.30. The van der Waals surface area contributed by atoms with Crippen LogP contribution in [0.1, 0.15) is 28.2 Å². The van der Waals surface area contributed by atoms with Crippen LogP contribution in [0.2, 0.25) is 0 Å². The predicted octanol–water partition coefficient (Wildman–Crippen LogP) is 1.68. The number of benzene rings is 1. The van der Waals surface area contributed by atoms with Gasteiger partial charge in [-0.25, -0.2) is 0 Å². The average molecular weight is 354 g/mol. The fourth-order valence-electron chi connectivity index (χ4n) is 2.48. The quantitative estimate of drug-likeness (QED) is 0.874. The molecule has 10 heteroatoms. The van der Waals surface area contributed by atoms with Crippen molar-refractivity contribution in [1.82, 2.24) is 20.8 Å². The number of aryl methyl sites for hydroxylation is 1. The molecule has 1 atom stereocenters. The average Bonchev–Trinajstić information content (AvgIpc) is 3.17. The first kappa shape index (κ1) is 16.9. The summed E-state index contributed by atoms with van der Waals surface area (Å²) in [6.45, 7) is 2.11. The minimum Gasteiger partial charge on any atom is -0.354 e. The van der Waals surface area contributed by atoms with Gasteiger partial charge in [-0.05, 0) is 31.0 Å². The molecular formula is C15H13F3N4O3. The largest absolute Gasteiger partial charge is 0.471 e. The van der Waals surface area contributed by atoms with Crippen molar-refractivity contribution in [2.75, 3.05) is 6.54 Å². The number of hydrogen-bond donors (Lipinski definition) is 2. The lowest BCUT2D eigenvalue weighted by Crippen LogP contribution is -2.40. The third-order valence-corrected chi connectivity index (χ3v) is 3.75. The molecule has 2 N–H and O–H groups in total. The molecule has 0 saturated carbocycles. The van der Waals surface area contributed by atoms with Gasteiger partial charge in [-0.1, -0.05) is 11.2 Å². The van der Waals surface area contributed by atoms with Crippen molar-refractivity contribution in [2.45, 2.75) is 25.6 Å². The second-order valence-corrected chi connectivity index (χ2v) is 5.56. The molecule has 1 fully saturated rings. The predicted molar refractivity (Wildman–Crippen MR) is 78.4 cm³/mol. The molecular weight excluding hydrogens is 341 g/mol. The van der Waals surface area contributed by atoms with Gasteiger partial charge < -0.3 is 15.2 Å². The van der Waals surface area contributed by atoms with Gasteiger partial charge in [0.15, 0.2) is 0 Å². The summed E-state index contributed by atoms with van der Waals surface area (Å²) < 4.78 is 41.8. The lowest BCUT2D eigenvalue weighted by Gasteiger charge is -2.11. The summed E-state index contributed by atoms with van der Waals surface area (Å²) in [6, 6.07) is 3.76. The Morgan fingerprint density at radius 3 is 2.72 bits per heavy atom. The van der Waals surface area contributed by atoms with Crippen molar-refractivity contribution in [3.8, 4) is 11.4 Å². The number of alkyl halides is 3. The lowest BCUT2D eigenvalue weighted by molar-refractivity contribution is -0.159. The van der Waals surface area contributed by atoms with Crippen LogP contribution in [-0.2, 0) is 11.0 Å². The van der Waals surface area contributed by atoms with Crippen molar-refractivity contribution >= 4 is 11.8 Å². The van der Waals surface area contributed by atoms with Crippen molar-refractivity contribution in [3.63, 3.8) is 0 Å². The van der Waals surface area contributed by atoms with Crippen LogP contribution in [0.4, 0.5) is 13.2 Å². The molecule has 2 aromatic rings. The van der Waals surface area contributed by atoms with Crippen molar-refractivity contribution in [3.05, 3.63) is 35.2 Å². The van der Waals surface area contributed by atoms with Crippen LogP contribution in [-0.4, -0.2) is 34.5 Å². The number of carbonyl (C=O) groups is 2. The molecule has 1 unspecified atom stereocenters. The molecule has 1 aliphatic heterocycles. The van der Waals surface area contributed by atoms with E-state index in [1.165, 1.54) is 18.2 Å². The molecule has 3 rings (SSSR count).